The number of thioether (sulfide) groups is 1. The number of benzene rings is 2. The Bertz CT molecular complexity index is 653. The van der Waals surface area contributed by atoms with Crippen LogP contribution in [-0.2, 0) is 9.53 Å². The average Bonchev–Trinajstić information content (AvgIpc) is 2.54. The van der Waals surface area contributed by atoms with Crippen molar-refractivity contribution in [2.75, 3.05) is 18.2 Å². The number of carbonyl (C=O) groups is 2. The number of hydrogen-bond donors (Lipinski definition) is 2. The summed E-state index contributed by atoms with van der Waals surface area (Å²) < 4.78 is 4.91. The van der Waals surface area contributed by atoms with Crippen LogP contribution in [0.3, 0.4) is 0 Å². The number of esters is 1. The third kappa shape index (κ3) is 4.53. The molecule has 0 aliphatic rings. The molecule has 0 atom stereocenters. The van der Waals surface area contributed by atoms with Crippen molar-refractivity contribution in [3.8, 4) is 5.75 Å². The van der Waals surface area contributed by atoms with E-state index in [4.69, 9.17) is 9.84 Å². The van der Waals surface area contributed by atoms with Crippen molar-refractivity contribution in [3.05, 3.63) is 54.1 Å². The summed E-state index contributed by atoms with van der Waals surface area (Å²) >= 11 is 1.61. The fourth-order valence-corrected chi connectivity index (χ4v) is 2.09. The summed E-state index contributed by atoms with van der Waals surface area (Å²) in [5, 5.41) is 11.8. The van der Waals surface area contributed by atoms with Gasteiger partial charge in [0.1, 0.15) is 5.75 Å². The Kier molecular flexibility index (Phi) is 5.43. The van der Waals surface area contributed by atoms with Gasteiger partial charge in [-0.15, -0.1) is 11.8 Å². The van der Waals surface area contributed by atoms with Crippen LogP contribution in [0.2, 0.25) is 0 Å². The molecule has 0 heterocycles. The van der Waals surface area contributed by atoms with Gasteiger partial charge < -0.3 is 15.2 Å². The van der Waals surface area contributed by atoms with Crippen LogP contribution in [0.15, 0.2) is 53.4 Å². The predicted molar refractivity (Wildman–Crippen MR) is 85.2 cm³/mol. The van der Waals surface area contributed by atoms with Gasteiger partial charge in [0, 0.05) is 10.6 Å². The molecule has 114 valence electrons. The molecular formula is C16H15NO4S. The molecule has 0 saturated heterocycles. The third-order valence-electron chi connectivity index (χ3n) is 2.81. The van der Waals surface area contributed by atoms with E-state index in [0.29, 0.717) is 5.69 Å². The predicted octanol–water partition coefficient (Wildman–Crippen LogP) is 2.91. The lowest BCUT2D eigenvalue weighted by Crippen LogP contribution is -2.20. The van der Waals surface area contributed by atoms with Crippen molar-refractivity contribution in [2.24, 2.45) is 0 Å². The van der Waals surface area contributed by atoms with Gasteiger partial charge >= 0.3 is 5.97 Å². The summed E-state index contributed by atoms with van der Waals surface area (Å²) in [6.45, 7) is -0.371. The molecule has 0 fully saturated rings. The minimum absolute atomic E-state index is 0.0583. The molecule has 22 heavy (non-hydrogen) atoms. The Morgan fingerprint density at radius 1 is 1.09 bits per heavy atom. The van der Waals surface area contributed by atoms with Crippen molar-refractivity contribution < 1.29 is 19.4 Å². The summed E-state index contributed by atoms with van der Waals surface area (Å²) in [6.07, 6.45) is 1.97. The number of nitrogens with one attached hydrogen (secondary N) is 1. The van der Waals surface area contributed by atoms with E-state index >= 15 is 0 Å². The Morgan fingerprint density at radius 3 is 2.32 bits per heavy atom. The second-order valence-electron chi connectivity index (χ2n) is 4.40. The van der Waals surface area contributed by atoms with Crippen molar-refractivity contribution in [3.63, 3.8) is 0 Å². The number of phenols is 1. The highest BCUT2D eigenvalue weighted by molar-refractivity contribution is 7.98. The van der Waals surface area contributed by atoms with Gasteiger partial charge in [0.2, 0.25) is 0 Å². The minimum Gasteiger partial charge on any atom is -0.508 e. The van der Waals surface area contributed by atoms with E-state index in [1.807, 2.05) is 18.4 Å². The first-order chi connectivity index (χ1) is 10.6. The summed E-state index contributed by atoms with van der Waals surface area (Å²) in [6, 6.07) is 13.0. The van der Waals surface area contributed by atoms with Crippen LogP contribution in [-0.4, -0.2) is 29.8 Å². The number of rotatable bonds is 5. The summed E-state index contributed by atoms with van der Waals surface area (Å²) in [4.78, 5) is 24.5. The van der Waals surface area contributed by atoms with Crippen LogP contribution in [0.1, 0.15) is 10.4 Å². The van der Waals surface area contributed by atoms with Gasteiger partial charge in [0.25, 0.3) is 5.91 Å². The zero-order chi connectivity index (χ0) is 15.9. The molecule has 1 amide bonds. The van der Waals surface area contributed by atoms with Crippen LogP contribution in [0.5, 0.6) is 5.75 Å². The zero-order valence-corrected chi connectivity index (χ0v) is 12.7. The average molecular weight is 317 g/mol. The number of phenolic OH excluding ortho intramolecular Hbond substituents is 1. The molecule has 0 unspecified atom stereocenters. The molecule has 0 aliphatic carbocycles. The molecule has 2 N–H and O–H groups in total. The molecule has 2 aromatic carbocycles. The lowest BCUT2D eigenvalue weighted by molar-refractivity contribution is -0.119. The Balaban J connectivity index is 1.84. The molecule has 0 aromatic heterocycles. The number of hydrogen-bond acceptors (Lipinski definition) is 5. The zero-order valence-electron chi connectivity index (χ0n) is 11.9. The van der Waals surface area contributed by atoms with E-state index in [1.165, 1.54) is 24.3 Å². The summed E-state index contributed by atoms with van der Waals surface area (Å²) in [7, 11) is 0. The molecule has 6 heteroatoms. The van der Waals surface area contributed by atoms with Crippen LogP contribution < -0.4 is 5.32 Å². The monoisotopic (exact) mass is 317 g/mol. The summed E-state index contributed by atoms with van der Waals surface area (Å²) in [5.41, 5.74) is 0.915. The second kappa shape index (κ2) is 7.51. The first-order valence-electron chi connectivity index (χ1n) is 6.48. The van der Waals surface area contributed by atoms with E-state index < -0.39 is 11.9 Å². The SMILES string of the molecule is CSc1ccc(NC(=O)COC(=O)c2ccc(O)cc2)cc1. The Labute approximate surface area is 132 Å². The summed E-state index contributed by atoms with van der Waals surface area (Å²) in [5.74, 6) is -0.972. The molecule has 0 radical (unpaired) electrons. The molecule has 0 aliphatic heterocycles. The van der Waals surface area contributed by atoms with Gasteiger partial charge in [-0.1, -0.05) is 0 Å². The van der Waals surface area contributed by atoms with Crippen LogP contribution >= 0.6 is 11.8 Å². The van der Waals surface area contributed by atoms with Gasteiger partial charge in [-0.2, -0.15) is 0 Å². The van der Waals surface area contributed by atoms with E-state index in [9.17, 15) is 9.59 Å². The van der Waals surface area contributed by atoms with Crippen LogP contribution in [0.4, 0.5) is 5.69 Å². The van der Waals surface area contributed by atoms with Crippen molar-refractivity contribution in [1.29, 1.82) is 0 Å². The van der Waals surface area contributed by atoms with Gasteiger partial charge in [0.05, 0.1) is 5.56 Å². The van der Waals surface area contributed by atoms with E-state index in [1.54, 1.807) is 23.9 Å². The molecule has 0 saturated carbocycles. The van der Waals surface area contributed by atoms with Crippen molar-refractivity contribution in [1.82, 2.24) is 0 Å². The fraction of sp³-hybridized carbons (Fsp3) is 0.125. The van der Waals surface area contributed by atoms with Gasteiger partial charge in [-0.3, -0.25) is 4.79 Å². The highest BCUT2D eigenvalue weighted by Crippen LogP contribution is 2.17. The maximum absolute atomic E-state index is 11.7. The van der Waals surface area contributed by atoms with Gasteiger partial charge in [0.15, 0.2) is 6.61 Å². The van der Waals surface area contributed by atoms with Crippen molar-refractivity contribution >= 4 is 29.3 Å². The first kappa shape index (κ1) is 15.9. The number of ether oxygens (including phenoxy) is 1. The molecule has 2 rings (SSSR count). The topological polar surface area (TPSA) is 75.6 Å². The maximum atomic E-state index is 11.7. The largest absolute Gasteiger partial charge is 0.508 e. The Hall–Kier alpha value is -2.47. The fourth-order valence-electron chi connectivity index (χ4n) is 1.68. The van der Waals surface area contributed by atoms with Gasteiger partial charge in [-0.05, 0) is 54.8 Å². The Morgan fingerprint density at radius 2 is 1.73 bits per heavy atom. The van der Waals surface area contributed by atoms with Crippen LogP contribution in [0, 0.1) is 0 Å². The van der Waals surface area contributed by atoms with Crippen molar-refractivity contribution in [2.45, 2.75) is 4.90 Å². The standard InChI is InChI=1S/C16H15NO4S/c1-22-14-8-4-12(5-9-14)17-15(19)10-21-16(20)11-2-6-13(18)7-3-11/h2-9,18H,10H2,1H3,(H,17,19). The first-order valence-corrected chi connectivity index (χ1v) is 7.71. The van der Waals surface area contributed by atoms with E-state index in [0.717, 1.165) is 4.90 Å². The van der Waals surface area contributed by atoms with E-state index in [2.05, 4.69) is 5.32 Å². The number of carbonyl (C=O) groups excluding carboxylic acids is 2. The lowest BCUT2D eigenvalue weighted by atomic mass is 10.2. The third-order valence-corrected chi connectivity index (χ3v) is 3.55. The number of aromatic hydroxyl groups is 1. The van der Waals surface area contributed by atoms with Gasteiger partial charge in [-0.25, -0.2) is 4.79 Å². The molecular weight excluding hydrogens is 302 g/mol. The quantitative estimate of drug-likeness (QED) is 0.655. The molecule has 0 spiro atoms. The number of amides is 1. The highest BCUT2D eigenvalue weighted by Gasteiger charge is 2.10. The minimum atomic E-state index is -0.618. The van der Waals surface area contributed by atoms with Crippen LogP contribution in [0.25, 0.3) is 0 Å². The molecule has 5 nitrogen and oxygen atoms in total. The smallest absolute Gasteiger partial charge is 0.338 e. The highest BCUT2D eigenvalue weighted by atomic mass is 32.2. The normalized spacial score (nSPS) is 10.0. The maximum Gasteiger partial charge on any atom is 0.338 e. The van der Waals surface area contributed by atoms with E-state index in [-0.39, 0.29) is 17.9 Å². The molecule has 0 bridgehead atoms. The second-order valence-corrected chi connectivity index (χ2v) is 5.28. The molecule has 2 aromatic rings. The lowest BCUT2D eigenvalue weighted by Gasteiger charge is -2.07. The number of anilines is 1.